The van der Waals surface area contributed by atoms with Gasteiger partial charge in [-0.2, -0.15) is 0 Å². The van der Waals surface area contributed by atoms with E-state index < -0.39 is 27.1 Å². The third-order valence-electron chi connectivity index (χ3n) is 6.22. The van der Waals surface area contributed by atoms with Crippen LogP contribution < -0.4 is 10.9 Å². The lowest BCUT2D eigenvalue weighted by Crippen LogP contribution is -2.34. The Morgan fingerprint density at radius 3 is 2.39 bits per heavy atom. The Labute approximate surface area is 208 Å². The van der Waals surface area contributed by atoms with Crippen molar-refractivity contribution in [2.75, 3.05) is 6.26 Å². The number of aromatic hydroxyl groups is 1. The van der Waals surface area contributed by atoms with Gasteiger partial charge in [-0.05, 0) is 54.2 Å². The van der Waals surface area contributed by atoms with E-state index in [9.17, 15) is 23.1 Å². The van der Waals surface area contributed by atoms with Crippen LogP contribution in [-0.2, 0) is 22.8 Å². The van der Waals surface area contributed by atoms with Gasteiger partial charge in [0, 0.05) is 18.5 Å². The predicted molar refractivity (Wildman–Crippen MR) is 136 cm³/mol. The first-order chi connectivity index (χ1) is 17.2. The third-order valence-corrected chi connectivity index (χ3v) is 7.35. The quantitative estimate of drug-likeness (QED) is 0.400. The van der Waals surface area contributed by atoms with Crippen LogP contribution in [0.2, 0.25) is 0 Å². The van der Waals surface area contributed by atoms with Crippen LogP contribution >= 0.6 is 0 Å². The van der Waals surface area contributed by atoms with Crippen molar-refractivity contribution in [3.8, 4) is 5.75 Å². The topological polar surface area (TPSA) is 118 Å². The smallest absolute Gasteiger partial charge is 0.268 e. The second-order valence-corrected chi connectivity index (χ2v) is 11.2. The fourth-order valence-electron chi connectivity index (χ4n) is 4.15. The molecule has 1 aliphatic carbocycles. The van der Waals surface area contributed by atoms with E-state index in [1.807, 2.05) is 30.3 Å². The van der Waals surface area contributed by atoms with Crippen molar-refractivity contribution in [3.63, 3.8) is 0 Å². The lowest BCUT2D eigenvalue weighted by Gasteiger charge is -2.16. The standard InChI is InChI=1S/C27H25N3O5S/c1-36(34,35)21-11-7-18(8-12-21)16-30-22-14-19(13-17-5-3-2-4-6-17)15-28-24(22)25(31)23(27(30)33)26(32)29-20-9-10-20/h2-8,11-12,14-15,20,31H,9-10,13,16H2,1H3,(H,29,32). The zero-order valence-electron chi connectivity index (χ0n) is 19.6. The monoisotopic (exact) mass is 503 g/mol. The molecule has 36 heavy (non-hydrogen) atoms. The minimum absolute atomic E-state index is 0.00481. The van der Waals surface area contributed by atoms with Crippen molar-refractivity contribution in [1.82, 2.24) is 14.9 Å². The fraction of sp³-hybridized carbons (Fsp3) is 0.222. The molecule has 9 heteroatoms. The molecule has 2 aromatic carbocycles. The van der Waals surface area contributed by atoms with E-state index >= 15 is 0 Å². The van der Waals surface area contributed by atoms with Crippen LogP contribution in [0.5, 0.6) is 5.75 Å². The molecule has 0 saturated heterocycles. The van der Waals surface area contributed by atoms with Crippen molar-refractivity contribution in [1.29, 1.82) is 0 Å². The highest BCUT2D eigenvalue weighted by Crippen LogP contribution is 2.28. The Kier molecular flexibility index (Phi) is 6.09. The molecule has 1 amide bonds. The van der Waals surface area contributed by atoms with Crippen molar-refractivity contribution in [2.24, 2.45) is 0 Å². The number of amides is 1. The normalized spacial score (nSPS) is 13.6. The molecule has 2 N–H and O–H groups in total. The van der Waals surface area contributed by atoms with Gasteiger partial charge in [0.15, 0.2) is 15.6 Å². The van der Waals surface area contributed by atoms with Crippen LogP contribution in [0.25, 0.3) is 11.0 Å². The Bertz CT molecular complexity index is 1620. The number of carbonyl (C=O) groups is 1. The zero-order valence-corrected chi connectivity index (χ0v) is 20.5. The molecule has 0 bridgehead atoms. The van der Waals surface area contributed by atoms with E-state index in [0.717, 1.165) is 30.2 Å². The van der Waals surface area contributed by atoms with Crippen LogP contribution in [0.4, 0.5) is 0 Å². The number of aromatic nitrogens is 2. The van der Waals surface area contributed by atoms with Gasteiger partial charge in [0.25, 0.3) is 11.5 Å². The molecule has 184 valence electrons. The second-order valence-electron chi connectivity index (χ2n) is 9.15. The molecule has 0 aliphatic heterocycles. The van der Waals surface area contributed by atoms with E-state index in [0.29, 0.717) is 17.5 Å². The molecule has 1 aliphatic rings. The first kappa shape index (κ1) is 23.7. The van der Waals surface area contributed by atoms with Crippen molar-refractivity contribution in [2.45, 2.75) is 36.7 Å². The molecule has 0 spiro atoms. The van der Waals surface area contributed by atoms with Gasteiger partial charge in [0.1, 0.15) is 11.1 Å². The number of pyridine rings is 2. The first-order valence-corrected chi connectivity index (χ1v) is 13.5. The molecule has 5 rings (SSSR count). The zero-order chi connectivity index (χ0) is 25.4. The minimum Gasteiger partial charge on any atom is -0.505 e. The molecular weight excluding hydrogens is 478 g/mol. The summed E-state index contributed by atoms with van der Waals surface area (Å²) in [6, 6.07) is 17.8. The molecule has 2 aromatic heterocycles. The average molecular weight is 504 g/mol. The maximum absolute atomic E-state index is 13.6. The Balaban J connectivity index is 1.63. The van der Waals surface area contributed by atoms with E-state index in [2.05, 4.69) is 10.3 Å². The van der Waals surface area contributed by atoms with Gasteiger partial charge in [0.05, 0.1) is 17.0 Å². The number of sulfone groups is 1. The van der Waals surface area contributed by atoms with E-state index in [1.54, 1.807) is 24.4 Å². The number of fused-ring (bicyclic) bond motifs is 1. The van der Waals surface area contributed by atoms with Gasteiger partial charge in [-0.15, -0.1) is 0 Å². The molecule has 0 unspecified atom stereocenters. The summed E-state index contributed by atoms with van der Waals surface area (Å²) in [5, 5.41) is 13.7. The lowest BCUT2D eigenvalue weighted by molar-refractivity contribution is 0.0946. The third kappa shape index (κ3) is 4.87. The highest BCUT2D eigenvalue weighted by atomic mass is 32.2. The summed E-state index contributed by atoms with van der Waals surface area (Å²) < 4.78 is 25.1. The summed E-state index contributed by atoms with van der Waals surface area (Å²) in [5.41, 5.74) is 2.13. The number of nitrogens with zero attached hydrogens (tertiary/aromatic N) is 2. The SMILES string of the molecule is CS(=O)(=O)c1ccc(Cn2c(=O)c(C(=O)NC3CC3)c(O)c3ncc(Cc4ccccc4)cc32)cc1. The highest BCUT2D eigenvalue weighted by molar-refractivity contribution is 7.90. The van der Waals surface area contributed by atoms with E-state index in [-0.39, 0.29) is 28.6 Å². The van der Waals surface area contributed by atoms with Crippen molar-refractivity contribution >= 4 is 26.8 Å². The Morgan fingerprint density at radius 1 is 1.06 bits per heavy atom. The lowest BCUT2D eigenvalue weighted by atomic mass is 10.1. The van der Waals surface area contributed by atoms with Crippen LogP contribution in [0.15, 0.2) is 76.6 Å². The van der Waals surface area contributed by atoms with Gasteiger partial charge < -0.3 is 15.0 Å². The van der Waals surface area contributed by atoms with Crippen LogP contribution in [0.3, 0.4) is 0 Å². The summed E-state index contributed by atoms with van der Waals surface area (Å²) in [6.07, 6.45) is 5.01. The molecule has 1 saturated carbocycles. The molecule has 2 heterocycles. The summed E-state index contributed by atoms with van der Waals surface area (Å²) in [4.78, 5) is 31.0. The molecule has 4 aromatic rings. The second kappa shape index (κ2) is 9.23. The van der Waals surface area contributed by atoms with Gasteiger partial charge in [-0.3, -0.25) is 14.6 Å². The largest absolute Gasteiger partial charge is 0.505 e. The minimum atomic E-state index is -3.36. The maximum Gasteiger partial charge on any atom is 0.268 e. The van der Waals surface area contributed by atoms with Crippen LogP contribution in [0.1, 0.15) is 39.9 Å². The van der Waals surface area contributed by atoms with Crippen LogP contribution in [-0.4, -0.2) is 41.3 Å². The number of hydrogen-bond donors (Lipinski definition) is 2. The van der Waals surface area contributed by atoms with E-state index in [4.69, 9.17) is 0 Å². The maximum atomic E-state index is 13.6. The number of hydrogen-bond acceptors (Lipinski definition) is 6. The Hall–Kier alpha value is -3.98. The molecule has 1 fully saturated rings. The fourth-order valence-corrected chi connectivity index (χ4v) is 4.78. The highest BCUT2D eigenvalue weighted by Gasteiger charge is 2.29. The van der Waals surface area contributed by atoms with Gasteiger partial charge in [-0.25, -0.2) is 8.42 Å². The number of carbonyl (C=O) groups excluding carboxylic acids is 1. The van der Waals surface area contributed by atoms with Crippen LogP contribution in [0, 0.1) is 0 Å². The first-order valence-electron chi connectivity index (χ1n) is 11.6. The molecular formula is C27H25N3O5S. The number of rotatable bonds is 7. The summed E-state index contributed by atoms with van der Waals surface area (Å²) >= 11 is 0. The summed E-state index contributed by atoms with van der Waals surface area (Å²) in [6.45, 7) is 0.0693. The average Bonchev–Trinajstić information content (AvgIpc) is 3.66. The summed E-state index contributed by atoms with van der Waals surface area (Å²) in [5.74, 6) is -1.07. The predicted octanol–water partition coefficient (Wildman–Crippen LogP) is 3.04. The molecule has 0 radical (unpaired) electrons. The molecule has 8 nitrogen and oxygen atoms in total. The van der Waals surface area contributed by atoms with Gasteiger partial charge in [0.2, 0.25) is 0 Å². The Morgan fingerprint density at radius 2 is 1.75 bits per heavy atom. The molecule has 0 atom stereocenters. The van der Waals surface area contributed by atoms with Gasteiger partial charge >= 0.3 is 0 Å². The summed E-state index contributed by atoms with van der Waals surface area (Å²) in [7, 11) is -3.36. The van der Waals surface area contributed by atoms with Crippen molar-refractivity contribution in [3.05, 3.63) is 99.5 Å². The van der Waals surface area contributed by atoms with E-state index in [1.165, 1.54) is 16.7 Å². The van der Waals surface area contributed by atoms with Crippen molar-refractivity contribution < 1.29 is 18.3 Å². The van der Waals surface area contributed by atoms with Gasteiger partial charge in [-0.1, -0.05) is 42.5 Å². The number of benzene rings is 2. The number of nitrogens with one attached hydrogen (secondary N) is 1.